The Bertz CT molecular complexity index is 591. The number of aromatic nitrogens is 1. The number of hydrogen-bond acceptors (Lipinski definition) is 4. The van der Waals surface area contributed by atoms with Gasteiger partial charge < -0.3 is 4.90 Å². The van der Waals surface area contributed by atoms with E-state index in [1.54, 1.807) is 19.2 Å². The highest BCUT2D eigenvalue weighted by Crippen LogP contribution is 2.27. The van der Waals surface area contributed by atoms with Gasteiger partial charge in [0.25, 0.3) is 0 Å². The zero-order valence-corrected chi connectivity index (χ0v) is 11.0. The number of nitrogens with zero attached hydrogens (tertiary/aromatic N) is 2. The number of fused-ring (bicyclic) bond motifs is 1. The molecule has 0 spiro atoms. The van der Waals surface area contributed by atoms with Crippen molar-refractivity contribution in [2.45, 2.75) is 19.9 Å². The Morgan fingerprint density at radius 2 is 2.33 bits per heavy atom. The van der Waals surface area contributed by atoms with Crippen LogP contribution in [0, 0.1) is 0 Å². The second-order valence-corrected chi connectivity index (χ2v) is 5.50. The molecule has 18 heavy (non-hydrogen) atoms. The molecule has 0 saturated carbocycles. The summed E-state index contributed by atoms with van der Waals surface area (Å²) in [6.07, 6.45) is 2.79. The lowest BCUT2D eigenvalue weighted by Gasteiger charge is -2.28. The first-order chi connectivity index (χ1) is 8.74. The molecule has 0 fully saturated rings. The summed E-state index contributed by atoms with van der Waals surface area (Å²) < 4.78 is 0. The van der Waals surface area contributed by atoms with Gasteiger partial charge in [0.1, 0.15) is 5.82 Å². The molecule has 2 aromatic heterocycles. The Morgan fingerprint density at radius 3 is 3.17 bits per heavy atom. The molecule has 3 heterocycles. The van der Waals surface area contributed by atoms with Crippen LogP contribution in [0.4, 0.5) is 5.82 Å². The predicted molar refractivity (Wildman–Crippen MR) is 73.3 cm³/mol. The minimum Gasteiger partial charge on any atom is -0.352 e. The second kappa shape index (κ2) is 4.53. The predicted octanol–water partition coefficient (Wildman–Crippen LogP) is 2.91. The standard InChI is InChI=1S/C14H14N2OS/c1-10(17)11-2-5-15-14(8-11)16-6-3-13-12(9-16)4-7-18-13/h2,4-5,7-8H,3,6,9H2,1H3. The van der Waals surface area contributed by atoms with Crippen molar-refractivity contribution in [2.24, 2.45) is 0 Å². The summed E-state index contributed by atoms with van der Waals surface area (Å²) in [6, 6.07) is 5.84. The molecule has 0 atom stereocenters. The molecule has 0 unspecified atom stereocenters. The van der Waals surface area contributed by atoms with E-state index in [4.69, 9.17) is 0 Å². The number of ketones is 1. The average molecular weight is 258 g/mol. The van der Waals surface area contributed by atoms with Crippen LogP contribution in [0.5, 0.6) is 0 Å². The van der Waals surface area contributed by atoms with E-state index in [0.29, 0.717) is 0 Å². The molecule has 3 rings (SSSR count). The lowest BCUT2D eigenvalue weighted by Crippen LogP contribution is -2.30. The van der Waals surface area contributed by atoms with Crippen molar-refractivity contribution in [1.82, 2.24) is 4.98 Å². The van der Waals surface area contributed by atoms with Crippen molar-refractivity contribution in [2.75, 3.05) is 11.4 Å². The number of thiophene rings is 1. The Labute approximate surface area is 110 Å². The van der Waals surface area contributed by atoms with Gasteiger partial charge in [-0.05, 0) is 42.5 Å². The topological polar surface area (TPSA) is 33.2 Å². The lowest BCUT2D eigenvalue weighted by molar-refractivity contribution is 0.101. The summed E-state index contributed by atoms with van der Waals surface area (Å²) in [6.45, 7) is 3.46. The molecule has 0 radical (unpaired) electrons. The number of rotatable bonds is 2. The van der Waals surface area contributed by atoms with E-state index in [0.717, 1.165) is 30.9 Å². The van der Waals surface area contributed by atoms with E-state index in [-0.39, 0.29) is 5.78 Å². The quantitative estimate of drug-likeness (QED) is 0.777. The van der Waals surface area contributed by atoms with Crippen LogP contribution in [0.25, 0.3) is 0 Å². The van der Waals surface area contributed by atoms with Crippen molar-refractivity contribution < 1.29 is 4.79 Å². The molecule has 0 amide bonds. The summed E-state index contributed by atoms with van der Waals surface area (Å²) in [7, 11) is 0. The third-order valence-electron chi connectivity index (χ3n) is 3.28. The molecular formula is C14H14N2OS. The highest BCUT2D eigenvalue weighted by Gasteiger charge is 2.18. The zero-order valence-electron chi connectivity index (χ0n) is 10.2. The highest BCUT2D eigenvalue weighted by atomic mass is 32.1. The molecule has 1 aliphatic heterocycles. The van der Waals surface area contributed by atoms with Gasteiger partial charge in [-0.3, -0.25) is 4.79 Å². The van der Waals surface area contributed by atoms with Crippen LogP contribution >= 0.6 is 11.3 Å². The SMILES string of the molecule is CC(=O)c1ccnc(N2CCc3sccc3C2)c1. The van der Waals surface area contributed by atoms with Crippen molar-refractivity contribution in [3.05, 3.63) is 45.8 Å². The van der Waals surface area contributed by atoms with Crippen LogP contribution < -0.4 is 4.90 Å². The molecule has 92 valence electrons. The van der Waals surface area contributed by atoms with E-state index >= 15 is 0 Å². The van der Waals surface area contributed by atoms with Gasteiger partial charge in [-0.15, -0.1) is 11.3 Å². The lowest BCUT2D eigenvalue weighted by atomic mass is 10.1. The maximum absolute atomic E-state index is 11.4. The van der Waals surface area contributed by atoms with Gasteiger partial charge in [-0.25, -0.2) is 4.98 Å². The molecule has 2 aromatic rings. The summed E-state index contributed by atoms with van der Waals surface area (Å²) in [5.41, 5.74) is 2.12. The monoisotopic (exact) mass is 258 g/mol. The van der Waals surface area contributed by atoms with E-state index in [1.165, 1.54) is 10.4 Å². The van der Waals surface area contributed by atoms with Gasteiger partial charge in [0, 0.05) is 29.7 Å². The second-order valence-electron chi connectivity index (χ2n) is 4.50. The van der Waals surface area contributed by atoms with Crippen LogP contribution in [0.1, 0.15) is 27.7 Å². The number of carbonyl (C=O) groups is 1. The first-order valence-electron chi connectivity index (χ1n) is 6.01. The van der Waals surface area contributed by atoms with Gasteiger partial charge in [0.15, 0.2) is 5.78 Å². The zero-order chi connectivity index (χ0) is 12.5. The maximum atomic E-state index is 11.4. The molecule has 3 nitrogen and oxygen atoms in total. The molecule has 4 heteroatoms. The minimum absolute atomic E-state index is 0.0897. The van der Waals surface area contributed by atoms with Gasteiger partial charge in [0.2, 0.25) is 0 Å². The van der Waals surface area contributed by atoms with Crippen LogP contribution in [0.3, 0.4) is 0 Å². The smallest absolute Gasteiger partial charge is 0.159 e. The Morgan fingerprint density at radius 1 is 1.44 bits per heavy atom. The van der Waals surface area contributed by atoms with E-state index in [9.17, 15) is 4.79 Å². The van der Waals surface area contributed by atoms with E-state index < -0.39 is 0 Å². The molecule has 1 aliphatic rings. The minimum atomic E-state index is 0.0897. The van der Waals surface area contributed by atoms with Crippen LogP contribution in [-0.2, 0) is 13.0 Å². The van der Waals surface area contributed by atoms with Crippen molar-refractivity contribution in [3.63, 3.8) is 0 Å². The fourth-order valence-corrected chi connectivity index (χ4v) is 3.14. The number of hydrogen-bond donors (Lipinski definition) is 0. The first-order valence-corrected chi connectivity index (χ1v) is 6.89. The molecular weight excluding hydrogens is 244 g/mol. The Kier molecular flexibility index (Phi) is 2.88. The first kappa shape index (κ1) is 11.4. The molecule has 0 N–H and O–H groups in total. The maximum Gasteiger partial charge on any atom is 0.159 e. The number of pyridine rings is 1. The third kappa shape index (κ3) is 2.04. The highest BCUT2D eigenvalue weighted by molar-refractivity contribution is 7.10. The van der Waals surface area contributed by atoms with Gasteiger partial charge >= 0.3 is 0 Å². The van der Waals surface area contributed by atoms with Crippen molar-refractivity contribution in [1.29, 1.82) is 0 Å². The van der Waals surface area contributed by atoms with Crippen LogP contribution in [0.15, 0.2) is 29.8 Å². The fraction of sp³-hybridized carbons (Fsp3) is 0.286. The van der Waals surface area contributed by atoms with Crippen LogP contribution in [-0.4, -0.2) is 17.3 Å². The normalized spacial score (nSPS) is 14.4. The van der Waals surface area contributed by atoms with Crippen molar-refractivity contribution >= 4 is 22.9 Å². The van der Waals surface area contributed by atoms with Gasteiger partial charge in [0.05, 0.1) is 0 Å². The van der Waals surface area contributed by atoms with E-state index in [1.807, 2.05) is 17.4 Å². The number of anilines is 1. The van der Waals surface area contributed by atoms with E-state index in [2.05, 4.69) is 21.3 Å². The molecule has 0 saturated heterocycles. The molecule has 0 aromatic carbocycles. The third-order valence-corrected chi connectivity index (χ3v) is 4.31. The summed E-state index contributed by atoms with van der Waals surface area (Å²) in [5, 5.41) is 2.15. The fourth-order valence-electron chi connectivity index (χ4n) is 2.25. The summed E-state index contributed by atoms with van der Waals surface area (Å²) >= 11 is 1.83. The molecule has 0 aliphatic carbocycles. The Hall–Kier alpha value is -1.68. The summed E-state index contributed by atoms with van der Waals surface area (Å²) in [5.74, 6) is 0.992. The average Bonchev–Trinajstić information content (AvgIpc) is 2.86. The number of Topliss-reactive ketones (excluding diaryl/α,β-unsaturated/α-hetero) is 1. The van der Waals surface area contributed by atoms with Crippen LogP contribution in [0.2, 0.25) is 0 Å². The Balaban J connectivity index is 1.88. The largest absolute Gasteiger partial charge is 0.352 e. The summed E-state index contributed by atoms with van der Waals surface area (Å²) in [4.78, 5) is 19.5. The van der Waals surface area contributed by atoms with Crippen molar-refractivity contribution in [3.8, 4) is 0 Å². The number of carbonyl (C=O) groups excluding carboxylic acids is 1. The molecule has 0 bridgehead atoms. The van der Waals surface area contributed by atoms with Gasteiger partial charge in [-0.1, -0.05) is 0 Å². The van der Waals surface area contributed by atoms with Gasteiger partial charge in [-0.2, -0.15) is 0 Å².